The van der Waals surface area contributed by atoms with E-state index < -0.39 is 5.97 Å². The topological polar surface area (TPSA) is 99.0 Å². The maximum atomic E-state index is 13.1. The number of esters is 1. The lowest BCUT2D eigenvalue weighted by Crippen LogP contribution is -2.14. The number of nitrogens with zero attached hydrogens (tertiary/aromatic N) is 4. The molecule has 0 bridgehead atoms. The molecule has 0 saturated carbocycles. The summed E-state index contributed by atoms with van der Waals surface area (Å²) in [6.07, 6.45) is 0. The first-order chi connectivity index (χ1) is 13.5. The number of halogens is 1. The fourth-order valence-electron chi connectivity index (χ4n) is 2.22. The fraction of sp³-hybridized carbons (Fsp3) is 0.167. The lowest BCUT2D eigenvalue weighted by atomic mass is 10.2. The molecule has 10 heteroatoms. The number of carbonyl (C=O) groups is 2. The molecule has 3 aromatic rings. The van der Waals surface area contributed by atoms with Crippen molar-refractivity contribution in [3.63, 3.8) is 0 Å². The van der Waals surface area contributed by atoms with E-state index in [2.05, 4.69) is 20.8 Å². The number of amides is 1. The molecule has 1 aromatic heterocycles. The van der Waals surface area contributed by atoms with Gasteiger partial charge < -0.3 is 10.1 Å². The van der Waals surface area contributed by atoms with Gasteiger partial charge in [-0.25, -0.2) is 13.9 Å². The average Bonchev–Trinajstić information content (AvgIpc) is 3.10. The van der Waals surface area contributed by atoms with Crippen LogP contribution < -0.4 is 5.32 Å². The molecular formula is C18H16FN5O3S. The van der Waals surface area contributed by atoms with Gasteiger partial charge in [0.2, 0.25) is 11.1 Å². The largest absolute Gasteiger partial charge is 0.457 e. The molecule has 0 saturated heterocycles. The molecule has 0 aliphatic rings. The molecule has 1 amide bonds. The normalized spacial score (nSPS) is 10.5. The van der Waals surface area contributed by atoms with E-state index in [-0.39, 0.29) is 24.1 Å². The number of ether oxygens (including phenoxy) is 1. The first kappa shape index (κ1) is 19.5. The molecular weight excluding hydrogens is 385 g/mol. The molecule has 0 spiro atoms. The Morgan fingerprint density at radius 1 is 1.21 bits per heavy atom. The number of hydrogen-bond acceptors (Lipinski definition) is 7. The van der Waals surface area contributed by atoms with Crippen LogP contribution in [-0.2, 0) is 23.2 Å². The minimum absolute atomic E-state index is 0.0246. The second-order valence-corrected chi connectivity index (χ2v) is 6.65. The number of nitrogens with one attached hydrogen (secondary N) is 1. The maximum absolute atomic E-state index is 13.1. The highest BCUT2D eigenvalue weighted by molar-refractivity contribution is 7.99. The van der Waals surface area contributed by atoms with E-state index >= 15 is 0 Å². The Hall–Kier alpha value is -3.27. The molecule has 0 radical (unpaired) electrons. The Balaban J connectivity index is 1.49. The minimum atomic E-state index is -0.535. The van der Waals surface area contributed by atoms with E-state index in [0.717, 1.165) is 0 Å². The molecule has 0 unspecified atom stereocenters. The quantitative estimate of drug-likeness (QED) is 0.479. The fourth-order valence-corrected chi connectivity index (χ4v) is 2.87. The number of thioether (sulfide) groups is 1. The number of carbonyl (C=O) groups excluding carboxylic acids is 2. The second kappa shape index (κ2) is 9.09. The van der Waals surface area contributed by atoms with Gasteiger partial charge in [-0.3, -0.25) is 4.79 Å². The Kier molecular flexibility index (Phi) is 6.33. The van der Waals surface area contributed by atoms with E-state index in [1.54, 1.807) is 43.4 Å². The first-order valence-corrected chi connectivity index (χ1v) is 9.16. The highest BCUT2D eigenvalue weighted by atomic mass is 32.2. The molecule has 3 rings (SSSR count). The number of anilines is 1. The van der Waals surface area contributed by atoms with Gasteiger partial charge in [0.25, 0.3) is 0 Å². The van der Waals surface area contributed by atoms with Crippen molar-refractivity contribution in [3.05, 3.63) is 65.5 Å². The molecule has 1 N–H and O–H groups in total. The SMILES string of the molecule is Cn1nnnc1SCC(=O)Nc1ccc(C(=O)OCc2cccc(F)c2)cc1. The molecule has 0 atom stereocenters. The van der Waals surface area contributed by atoms with Crippen molar-refractivity contribution in [1.82, 2.24) is 20.2 Å². The van der Waals surface area contributed by atoms with Crippen LogP contribution in [0.25, 0.3) is 0 Å². The zero-order valence-corrected chi connectivity index (χ0v) is 15.6. The number of hydrogen-bond donors (Lipinski definition) is 1. The monoisotopic (exact) mass is 401 g/mol. The molecule has 144 valence electrons. The van der Waals surface area contributed by atoms with Crippen molar-refractivity contribution in [2.75, 3.05) is 11.1 Å². The van der Waals surface area contributed by atoms with Crippen LogP contribution in [0.4, 0.5) is 10.1 Å². The van der Waals surface area contributed by atoms with Gasteiger partial charge in [-0.2, -0.15) is 0 Å². The number of rotatable bonds is 7. The second-order valence-electron chi connectivity index (χ2n) is 5.71. The summed E-state index contributed by atoms with van der Waals surface area (Å²) in [4.78, 5) is 24.1. The van der Waals surface area contributed by atoms with Crippen molar-refractivity contribution in [2.24, 2.45) is 7.05 Å². The summed E-state index contributed by atoms with van der Waals surface area (Å²) in [5, 5.41) is 14.2. The number of tetrazole rings is 1. The van der Waals surface area contributed by atoms with E-state index in [1.165, 1.54) is 28.6 Å². The smallest absolute Gasteiger partial charge is 0.338 e. The van der Waals surface area contributed by atoms with Gasteiger partial charge in [-0.05, 0) is 52.4 Å². The Labute approximate surface area is 164 Å². The van der Waals surface area contributed by atoms with Gasteiger partial charge in [-0.1, -0.05) is 23.9 Å². The van der Waals surface area contributed by atoms with Crippen LogP contribution in [0.3, 0.4) is 0 Å². The summed E-state index contributed by atoms with van der Waals surface area (Å²) < 4.78 is 19.8. The van der Waals surface area contributed by atoms with E-state index in [9.17, 15) is 14.0 Å². The van der Waals surface area contributed by atoms with E-state index in [1.807, 2.05) is 0 Å². The van der Waals surface area contributed by atoms with Crippen LogP contribution in [0.2, 0.25) is 0 Å². The third-order valence-corrected chi connectivity index (χ3v) is 4.59. The van der Waals surface area contributed by atoms with E-state index in [0.29, 0.717) is 22.0 Å². The lowest BCUT2D eigenvalue weighted by molar-refractivity contribution is -0.113. The summed E-state index contributed by atoms with van der Waals surface area (Å²) in [5.41, 5.74) is 1.44. The minimum Gasteiger partial charge on any atom is -0.457 e. The summed E-state index contributed by atoms with van der Waals surface area (Å²) in [7, 11) is 1.69. The Bertz CT molecular complexity index is 977. The lowest BCUT2D eigenvalue weighted by Gasteiger charge is -2.07. The molecule has 0 aliphatic heterocycles. The first-order valence-electron chi connectivity index (χ1n) is 8.18. The number of aryl methyl sites for hydroxylation is 1. The van der Waals surface area contributed by atoms with Crippen LogP contribution in [0.15, 0.2) is 53.7 Å². The maximum Gasteiger partial charge on any atom is 0.338 e. The highest BCUT2D eigenvalue weighted by Crippen LogP contribution is 2.15. The van der Waals surface area contributed by atoms with Gasteiger partial charge in [0.05, 0.1) is 11.3 Å². The number of benzene rings is 2. The zero-order valence-electron chi connectivity index (χ0n) is 14.8. The van der Waals surface area contributed by atoms with Gasteiger partial charge in [0.15, 0.2) is 0 Å². The number of aromatic nitrogens is 4. The highest BCUT2D eigenvalue weighted by Gasteiger charge is 2.10. The summed E-state index contributed by atoms with van der Waals surface area (Å²) in [6.45, 7) is -0.0246. The van der Waals surface area contributed by atoms with Crippen molar-refractivity contribution < 1.29 is 18.7 Å². The van der Waals surface area contributed by atoms with E-state index in [4.69, 9.17) is 4.74 Å². The average molecular weight is 401 g/mol. The molecule has 28 heavy (non-hydrogen) atoms. The molecule has 0 fully saturated rings. The zero-order chi connectivity index (χ0) is 19.9. The van der Waals surface area contributed by atoms with Crippen molar-refractivity contribution >= 4 is 29.3 Å². The molecule has 0 aliphatic carbocycles. The Morgan fingerprint density at radius 3 is 2.68 bits per heavy atom. The summed E-state index contributed by atoms with van der Waals surface area (Å²) in [6, 6.07) is 12.1. The molecule has 2 aromatic carbocycles. The van der Waals surface area contributed by atoms with Crippen LogP contribution >= 0.6 is 11.8 Å². The van der Waals surface area contributed by atoms with Crippen molar-refractivity contribution in [3.8, 4) is 0 Å². The summed E-state index contributed by atoms with van der Waals surface area (Å²) >= 11 is 1.21. The van der Waals surface area contributed by atoms with Gasteiger partial charge in [0, 0.05) is 12.7 Å². The molecule has 1 heterocycles. The van der Waals surface area contributed by atoms with Crippen molar-refractivity contribution in [1.29, 1.82) is 0 Å². The predicted molar refractivity (Wildman–Crippen MR) is 100 cm³/mol. The standard InChI is InChI=1S/C18H16FN5O3S/c1-24-18(21-22-23-24)28-11-16(25)20-15-7-5-13(6-8-15)17(26)27-10-12-3-2-4-14(19)9-12/h2-9H,10-11H2,1H3,(H,20,25). The third kappa shape index (κ3) is 5.36. The van der Waals surface area contributed by atoms with Gasteiger partial charge in [0.1, 0.15) is 12.4 Å². The van der Waals surface area contributed by atoms with Crippen LogP contribution in [0.5, 0.6) is 0 Å². The predicted octanol–water partition coefficient (Wildman–Crippen LogP) is 2.44. The van der Waals surface area contributed by atoms with Gasteiger partial charge >= 0.3 is 5.97 Å². The van der Waals surface area contributed by atoms with Crippen LogP contribution in [0, 0.1) is 5.82 Å². The van der Waals surface area contributed by atoms with Crippen molar-refractivity contribution in [2.45, 2.75) is 11.8 Å². The molecule has 8 nitrogen and oxygen atoms in total. The Morgan fingerprint density at radius 2 is 2.00 bits per heavy atom. The summed E-state index contributed by atoms with van der Waals surface area (Å²) in [5.74, 6) is -1.00. The van der Waals surface area contributed by atoms with Crippen LogP contribution in [-0.4, -0.2) is 37.8 Å². The van der Waals surface area contributed by atoms with Gasteiger partial charge in [-0.15, -0.1) is 5.10 Å². The third-order valence-electron chi connectivity index (χ3n) is 3.58. The van der Waals surface area contributed by atoms with Crippen LogP contribution in [0.1, 0.15) is 15.9 Å².